The van der Waals surface area contributed by atoms with Crippen molar-refractivity contribution in [2.75, 3.05) is 6.54 Å². The molecule has 1 heterocycles. The number of fused-ring (bicyclic) bond motifs is 1. The molecule has 0 bridgehead atoms. The van der Waals surface area contributed by atoms with E-state index in [4.69, 9.17) is 9.84 Å². The average molecular weight is 435 g/mol. The van der Waals surface area contributed by atoms with Gasteiger partial charge < -0.3 is 15.2 Å². The third kappa shape index (κ3) is 4.43. The van der Waals surface area contributed by atoms with Crippen molar-refractivity contribution in [2.24, 2.45) is 0 Å². The largest absolute Gasteiger partial charge is 0.490 e. The Morgan fingerprint density at radius 1 is 1.32 bits per heavy atom. The van der Waals surface area contributed by atoms with E-state index in [1.54, 1.807) is 12.1 Å². The molecule has 8 heteroatoms. The van der Waals surface area contributed by atoms with Gasteiger partial charge >= 0.3 is 5.97 Å². The number of aromatic nitrogens is 2. The molecule has 0 aliphatic heterocycles. The summed E-state index contributed by atoms with van der Waals surface area (Å²) >= 11 is 1.48. The van der Waals surface area contributed by atoms with Crippen molar-refractivity contribution in [3.8, 4) is 33.0 Å². The summed E-state index contributed by atoms with van der Waals surface area (Å²) in [5.41, 5.74) is 4.63. The van der Waals surface area contributed by atoms with Gasteiger partial charge in [0.05, 0.1) is 18.2 Å². The van der Waals surface area contributed by atoms with Gasteiger partial charge in [0.25, 0.3) is 0 Å². The molecule has 1 aliphatic rings. The highest BCUT2D eigenvalue weighted by Crippen LogP contribution is 2.40. The average Bonchev–Trinajstić information content (AvgIpc) is 3.39. The van der Waals surface area contributed by atoms with Crippen molar-refractivity contribution in [1.82, 2.24) is 15.5 Å². The second kappa shape index (κ2) is 8.84. The van der Waals surface area contributed by atoms with E-state index in [1.165, 1.54) is 16.9 Å². The molecule has 7 nitrogen and oxygen atoms in total. The van der Waals surface area contributed by atoms with Crippen molar-refractivity contribution in [3.63, 3.8) is 0 Å². The van der Waals surface area contributed by atoms with Crippen LogP contribution in [0.3, 0.4) is 0 Å². The summed E-state index contributed by atoms with van der Waals surface area (Å²) in [5, 5.41) is 31.9. The van der Waals surface area contributed by atoms with Gasteiger partial charge in [0.15, 0.2) is 0 Å². The van der Waals surface area contributed by atoms with Crippen LogP contribution < -0.4 is 10.1 Å². The second-order valence-electron chi connectivity index (χ2n) is 7.64. The van der Waals surface area contributed by atoms with Gasteiger partial charge in [-0.25, -0.2) is 0 Å². The van der Waals surface area contributed by atoms with E-state index >= 15 is 0 Å². The number of aliphatic carboxylic acids is 1. The number of hydrogen-bond acceptors (Lipinski definition) is 7. The molecule has 0 amide bonds. The predicted octanol–water partition coefficient (Wildman–Crippen LogP) is 4.19. The smallest absolute Gasteiger partial charge is 0.317 e. The Morgan fingerprint density at radius 2 is 2.13 bits per heavy atom. The van der Waals surface area contributed by atoms with Crippen LogP contribution in [0.25, 0.3) is 21.1 Å². The molecule has 4 rings (SSSR count). The van der Waals surface area contributed by atoms with E-state index in [-0.39, 0.29) is 18.7 Å². The lowest BCUT2D eigenvalue weighted by molar-refractivity contribution is -0.136. The van der Waals surface area contributed by atoms with Crippen LogP contribution in [0.5, 0.6) is 5.75 Å². The van der Waals surface area contributed by atoms with Crippen LogP contribution in [0, 0.1) is 11.3 Å². The minimum absolute atomic E-state index is 0.0138. The summed E-state index contributed by atoms with van der Waals surface area (Å²) in [5.74, 6) is -0.299. The lowest BCUT2D eigenvalue weighted by atomic mass is 10.0. The van der Waals surface area contributed by atoms with Crippen molar-refractivity contribution in [1.29, 1.82) is 5.26 Å². The highest BCUT2D eigenvalue weighted by atomic mass is 32.1. The van der Waals surface area contributed by atoms with Crippen LogP contribution in [0.2, 0.25) is 0 Å². The molecule has 158 valence electrons. The van der Waals surface area contributed by atoms with E-state index in [2.05, 4.69) is 21.6 Å². The third-order valence-electron chi connectivity index (χ3n) is 5.14. The minimum Gasteiger partial charge on any atom is -0.490 e. The normalized spacial score (nSPS) is 15.0. The summed E-state index contributed by atoms with van der Waals surface area (Å²) in [6.45, 7) is 3.79. The number of carboxylic acids is 1. The molecule has 2 N–H and O–H groups in total. The van der Waals surface area contributed by atoms with Gasteiger partial charge in [0, 0.05) is 17.2 Å². The number of nitrogens with zero attached hydrogens (tertiary/aromatic N) is 3. The zero-order valence-corrected chi connectivity index (χ0v) is 18.1. The maximum atomic E-state index is 10.9. The fourth-order valence-corrected chi connectivity index (χ4v) is 4.73. The third-order valence-corrected chi connectivity index (χ3v) is 6.14. The lowest BCUT2D eigenvalue weighted by Gasteiger charge is -2.13. The summed E-state index contributed by atoms with van der Waals surface area (Å²) in [6.07, 6.45) is 1.70. The van der Waals surface area contributed by atoms with E-state index in [1.807, 2.05) is 38.1 Å². The van der Waals surface area contributed by atoms with E-state index < -0.39 is 5.97 Å². The molecule has 1 atom stereocenters. The van der Waals surface area contributed by atoms with Crippen molar-refractivity contribution in [3.05, 3.63) is 53.1 Å². The Hall–Kier alpha value is -3.28. The first-order valence-corrected chi connectivity index (χ1v) is 10.9. The molecule has 3 aromatic rings. The monoisotopic (exact) mass is 434 g/mol. The number of carbonyl (C=O) groups is 1. The van der Waals surface area contributed by atoms with Gasteiger partial charge in [-0.1, -0.05) is 29.5 Å². The summed E-state index contributed by atoms with van der Waals surface area (Å²) in [4.78, 5) is 10.9. The standard InChI is InChI=1S/C23H22N4O3S/c1-13(2)30-20-9-6-14(10-15(20)11-24)22-26-27-23(31-22)18-5-3-4-17-16(18)7-8-19(17)25-12-21(28)29/h3-6,9-10,13,19,25H,7-8,12H2,1-2H3,(H,28,29)/t19-/m1/s1. The molecule has 0 radical (unpaired) electrons. The van der Waals surface area contributed by atoms with Gasteiger partial charge in [-0.15, -0.1) is 10.2 Å². The topological polar surface area (TPSA) is 108 Å². The summed E-state index contributed by atoms with van der Waals surface area (Å²) < 4.78 is 5.70. The zero-order valence-electron chi connectivity index (χ0n) is 17.3. The predicted molar refractivity (Wildman–Crippen MR) is 118 cm³/mol. The first kappa shape index (κ1) is 21.0. The summed E-state index contributed by atoms with van der Waals surface area (Å²) in [7, 11) is 0. The van der Waals surface area contributed by atoms with Gasteiger partial charge in [-0.3, -0.25) is 4.79 Å². The van der Waals surface area contributed by atoms with Crippen LogP contribution >= 0.6 is 11.3 Å². The van der Waals surface area contributed by atoms with E-state index in [0.717, 1.165) is 39.5 Å². The number of carboxylic acid groups (broad SMARTS) is 1. The maximum absolute atomic E-state index is 10.9. The first-order valence-electron chi connectivity index (χ1n) is 10.1. The van der Waals surface area contributed by atoms with Crippen molar-refractivity contribution < 1.29 is 14.6 Å². The lowest BCUT2D eigenvalue weighted by Crippen LogP contribution is -2.25. The SMILES string of the molecule is CC(C)Oc1ccc(-c2nnc(-c3cccc4c3CC[C@H]4NCC(=O)O)s2)cc1C#N. The highest BCUT2D eigenvalue weighted by molar-refractivity contribution is 7.17. The molecular weight excluding hydrogens is 412 g/mol. The molecule has 0 spiro atoms. The highest BCUT2D eigenvalue weighted by Gasteiger charge is 2.26. The molecule has 1 aliphatic carbocycles. The fraction of sp³-hybridized carbons (Fsp3) is 0.304. The van der Waals surface area contributed by atoms with Crippen LogP contribution in [0.1, 0.15) is 43.0 Å². The van der Waals surface area contributed by atoms with Crippen LogP contribution in [-0.4, -0.2) is 33.9 Å². The van der Waals surface area contributed by atoms with E-state index in [0.29, 0.717) is 11.3 Å². The number of benzene rings is 2. The number of nitrogens with one attached hydrogen (secondary N) is 1. The maximum Gasteiger partial charge on any atom is 0.317 e. The molecule has 1 aromatic heterocycles. The fourth-order valence-electron chi connectivity index (χ4n) is 3.83. The van der Waals surface area contributed by atoms with Crippen molar-refractivity contribution in [2.45, 2.75) is 38.8 Å². The molecule has 31 heavy (non-hydrogen) atoms. The van der Waals surface area contributed by atoms with Gasteiger partial charge in [0.2, 0.25) is 0 Å². The number of hydrogen-bond donors (Lipinski definition) is 2. The number of nitriles is 1. The van der Waals surface area contributed by atoms with Crippen molar-refractivity contribution >= 4 is 17.3 Å². The number of rotatable bonds is 7. The Bertz CT molecular complexity index is 1170. The van der Waals surface area contributed by atoms with E-state index in [9.17, 15) is 10.1 Å². The Balaban J connectivity index is 1.62. The quantitative estimate of drug-likeness (QED) is 0.574. The van der Waals surface area contributed by atoms with Crippen LogP contribution in [0.4, 0.5) is 0 Å². The Morgan fingerprint density at radius 3 is 2.87 bits per heavy atom. The Kier molecular flexibility index (Phi) is 5.98. The van der Waals surface area contributed by atoms with Crippen LogP contribution in [-0.2, 0) is 11.2 Å². The minimum atomic E-state index is -0.861. The molecule has 0 saturated heterocycles. The molecular formula is C23H22N4O3S. The van der Waals surface area contributed by atoms with Gasteiger partial charge in [-0.05, 0) is 56.0 Å². The number of ether oxygens (including phenoxy) is 1. The summed E-state index contributed by atoms with van der Waals surface area (Å²) in [6, 6.07) is 13.7. The zero-order chi connectivity index (χ0) is 22.0. The van der Waals surface area contributed by atoms with Gasteiger partial charge in [0.1, 0.15) is 21.8 Å². The molecule has 0 saturated carbocycles. The van der Waals surface area contributed by atoms with Crippen LogP contribution in [0.15, 0.2) is 36.4 Å². The van der Waals surface area contributed by atoms with Gasteiger partial charge in [-0.2, -0.15) is 5.26 Å². The molecule has 2 aromatic carbocycles. The first-order chi connectivity index (χ1) is 15.0. The second-order valence-corrected chi connectivity index (χ2v) is 8.62. The molecule has 0 fully saturated rings. The Labute approximate surface area is 184 Å². The molecule has 0 unspecified atom stereocenters.